The van der Waals surface area contributed by atoms with Gasteiger partial charge < -0.3 is 24.9 Å². The minimum absolute atomic E-state index is 0.0703. The Morgan fingerprint density at radius 2 is 2.00 bits per heavy atom. The van der Waals surface area contributed by atoms with Crippen LogP contribution in [0.15, 0.2) is 48.5 Å². The Labute approximate surface area is 144 Å². The van der Waals surface area contributed by atoms with Crippen LogP contribution in [-0.2, 0) is 5.60 Å². The highest BCUT2D eigenvalue weighted by atomic mass is 16.7. The molecule has 6 nitrogen and oxygen atoms in total. The Balaban J connectivity index is 1.48. The highest BCUT2D eigenvalue weighted by Gasteiger charge is 2.27. The summed E-state index contributed by atoms with van der Waals surface area (Å²) in [6.45, 7) is 1.90. The third-order valence-corrected chi connectivity index (χ3v) is 4.36. The van der Waals surface area contributed by atoms with Gasteiger partial charge in [0.1, 0.15) is 11.3 Å². The number of benzene rings is 2. The molecule has 0 spiro atoms. The van der Waals surface area contributed by atoms with E-state index < -0.39 is 5.60 Å². The van der Waals surface area contributed by atoms with Gasteiger partial charge in [-0.05, 0) is 36.8 Å². The number of fused-ring (bicyclic) bond motifs is 2. The van der Waals surface area contributed by atoms with Crippen molar-refractivity contribution >= 4 is 16.8 Å². The highest BCUT2D eigenvalue weighted by Crippen LogP contribution is 2.35. The van der Waals surface area contributed by atoms with Gasteiger partial charge in [-0.3, -0.25) is 4.79 Å². The molecule has 128 valence electrons. The van der Waals surface area contributed by atoms with E-state index in [9.17, 15) is 9.90 Å². The fourth-order valence-electron chi connectivity index (χ4n) is 2.88. The van der Waals surface area contributed by atoms with Crippen molar-refractivity contribution in [2.45, 2.75) is 12.5 Å². The van der Waals surface area contributed by atoms with Crippen LogP contribution in [0, 0.1) is 0 Å². The largest absolute Gasteiger partial charge is 0.454 e. The molecule has 0 aliphatic carbocycles. The molecular weight excluding hydrogens is 320 g/mol. The molecular formula is C19H18N2O4. The Morgan fingerprint density at radius 1 is 1.20 bits per heavy atom. The van der Waals surface area contributed by atoms with Gasteiger partial charge in [-0.15, -0.1) is 0 Å². The summed E-state index contributed by atoms with van der Waals surface area (Å²) in [5.74, 6) is 0.985. The lowest BCUT2D eigenvalue weighted by Gasteiger charge is -2.24. The van der Waals surface area contributed by atoms with E-state index in [2.05, 4.69) is 10.3 Å². The highest BCUT2D eigenvalue weighted by molar-refractivity contribution is 5.98. The van der Waals surface area contributed by atoms with Gasteiger partial charge in [0.25, 0.3) is 5.91 Å². The number of hydrogen-bond donors (Lipinski definition) is 3. The second-order valence-corrected chi connectivity index (χ2v) is 6.29. The number of nitrogens with one attached hydrogen (secondary N) is 2. The summed E-state index contributed by atoms with van der Waals surface area (Å²) < 4.78 is 10.6. The molecule has 1 amide bonds. The fourth-order valence-corrected chi connectivity index (χ4v) is 2.88. The molecule has 0 saturated carbocycles. The maximum atomic E-state index is 12.4. The number of carbonyl (C=O) groups excluding carboxylic acids is 1. The van der Waals surface area contributed by atoms with Crippen LogP contribution >= 0.6 is 0 Å². The van der Waals surface area contributed by atoms with E-state index in [1.165, 1.54) is 0 Å². The zero-order chi connectivity index (χ0) is 17.4. The number of para-hydroxylation sites is 1. The summed E-state index contributed by atoms with van der Waals surface area (Å²) in [6.07, 6.45) is 0. The van der Waals surface area contributed by atoms with Crippen LogP contribution in [0.2, 0.25) is 0 Å². The molecule has 0 radical (unpaired) electrons. The summed E-state index contributed by atoms with van der Waals surface area (Å²) in [6, 6.07) is 14.7. The van der Waals surface area contributed by atoms with Crippen molar-refractivity contribution in [2.75, 3.05) is 13.3 Å². The number of amides is 1. The Bertz CT molecular complexity index is 913. The predicted molar refractivity (Wildman–Crippen MR) is 92.8 cm³/mol. The van der Waals surface area contributed by atoms with Gasteiger partial charge in [-0.2, -0.15) is 0 Å². The number of aromatic nitrogens is 1. The van der Waals surface area contributed by atoms with Crippen LogP contribution in [-0.4, -0.2) is 29.3 Å². The quantitative estimate of drug-likeness (QED) is 0.683. The SMILES string of the molecule is C[C@@](O)(CNC(=O)c1cc2ccccc2[nH]1)c1ccc2c(c1)OCO2. The summed E-state index contributed by atoms with van der Waals surface area (Å²) in [4.78, 5) is 15.5. The minimum atomic E-state index is -1.23. The number of aromatic amines is 1. The average Bonchev–Trinajstić information content (AvgIpc) is 3.25. The summed E-state index contributed by atoms with van der Waals surface area (Å²) >= 11 is 0. The van der Waals surface area contributed by atoms with Crippen LogP contribution in [0.4, 0.5) is 0 Å². The van der Waals surface area contributed by atoms with Gasteiger partial charge in [0.15, 0.2) is 11.5 Å². The van der Waals surface area contributed by atoms with Gasteiger partial charge in [0.2, 0.25) is 6.79 Å². The lowest BCUT2D eigenvalue weighted by atomic mass is 9.95. The number of rotatable bonds is 4. The second-order valence-electron chi connectivity index (χ2n) is 6.29. The lowest BCUT2D eigenvalue weighted by Crippen LogP contribution is -2.38. The number of carbonyl (C=O) groups is 1. The standard InChI is InChI=1S/C19H18N2O4/c1-19(23,13-6-7-16-17(9-13)25-11-24-16)10-20-18(22)15-8-12-4-2-3-5-14(12)21-15/h2-9,21,23H,10-11H2,1H3,(H,20,22)/t19-/m1/s1. The molecule has 4 rings (SSSR count). The first-order valence-electron chi connectivity index (χ1n) is 8.01. The molecule has 1 aliphatic heterocycles. The summed E-state index contributed by atoms with van der Waals surface area (Å²) in [7, 11) is 0. The maximum Gasteiger partial charge on any atom is 0.267 e. The van der Waals surface area contributed by atoms with E-state index in [0.29, 0.717) is 22.8 Å². The summed E-state index contributed by atoms with van der Waals surface area (Å²) in [5, 5.41) is 14.5. The molecule has 25 heavy (non-hydrogen) atoms. The molecule has 1 aromatic heterocycles. The molecule has 0 unspecified atom stereocenters. The lowest BCUT2D eigenvalue weighted by molar-refractivity contribution is 0.0523. The molecule has 0 bridgehead atoms. The van der Waals surface area contributed by atoms with Crippen molar-refractivity contribution in [1.29, 1.82) is 0 Å². The molecule has 3 N–H and O–H groups in total. The van der Waals surface area contributed by atoms with E-state index >= 15 is 0 Å². The molecule has 2 aromatic carbocycles. The number of hydrogen-bond acceptors (Lipinski definition) is 4. The van der Waals surface area contributed by atoms with Gasteiger partial charge in [0, 0.05) is 10.9 Å². The zero-order valence-corrected chi connectivity index (χ0v) is 13.7. The van der Waals surface area contributed by atoms with Crippen molar-refractivity contribution in [3.63, 3.8) is 0 Å². The Morgan fingerprint density at radius 3 is 2.84 bits per heavy atom. The monoisotopic (exact) mass is 338 g/mol. The minimum Gasteiger partial charge on any atom is -0.454 e. The number of aliphatic hydroxyl groups is 1. The maximum absolute atomic E-state index is 12.4. The molecule has 1 aliphatic rings. The molecule has 0 fully saturated rings. The van der Waals surface area contributed by atoms with Crippen LogP contribution in [0.25, 0.3) is 10.9 Å². The molecule has 2 heterocycles. The average molecular weight is 338 g/mol. The number of ether oxygens (including phenoxy) is 2. The Kier molecular flexibility index (Phi) is 3.62. The zero-order valence-electron chi connectivity index (χ0n) is 13.7. The molecule has 3 aromatic rings. The first kappa shape index (κ1) is 15.5. The van der Waals surface area contributed by atoms with Gasteiger partial charge in [-0.1, -0.05) is 24.3 Å². The fraction of sp³-hybridized carbons (Fsp3) is 0.211. The van der Waals surface area contributed by atoms with E-state index in [0.717, 1.165) is 10.9 Å². The van der Waals surface area contributed by atoms with Crippen molar-refractivity contribution in [1.82, 2.24) is 10.3 Å². The van der Waals surface area contributed by atoms with Crippen molar-refractivity contribution < 1.29 is 19.4 Å². The third-order valence-electron chi connectivity index (χ3n) is 4.36. The Hall–Kier alpha value is -2.99. The molecule has 1 atom stereocenters. The second kappa shape index (κ2) is 5.82. The smallest absolute Gasteiger partial charge is 0.267 e. The van der Waals surface area contributed by atoms with E-state index in [4.69, 9.17) is 9.47 Å². The van der Waals surface area contributed by atoms with Gasteiger partial charge in [0.05, 0.1) is 6.54 Å². The van der Waals surface area contributed by atoms with Crippen molar-refractivity contribution in [3.8, 4) is 11.5 Å². The molecule has 0 saturated heterocycles. The van der Waals surface area contributed by atoms with Gasteiger partial charge >= 0.3 is 0 Å². The normalized spacial score (nSPS) is 15.1. The van der Waals surface area contributed by atoms with E-state index in [-0.39, 0.29) is 19.2 Å². The van der Waals surface area contributed by atoms with E-state index in [1.807, 2.05) is 24.3 Å². The topological polar surface area (TPSA) is 83.6 Å². The van der Waals surface area contributed by atoms with Crippen LogP contribution < -0.4 is 14.8 Å². The first-order chi connectivity index (χ1) is 12.0. The van der Waals surface area contributed by atoms with E-state index in [1.54, 1.807) is 31.2 Å². The van der Waals surface area contributed by atoms with Crippen molar-refractivity contribution in [3.05, 3.63) is 59.8 Å². The third kappa shape index (κ3) is 2.92. The van der Waals surface area contributed by atoms with Crippen LogP contribution in [0.5, 0.6) is 11.5 Å². The number of H-pyrrole nitrogens is 1. The first-order valence-corrected chi connectivity index (χ1v) is 8.01. The summed E-state index contributed by atoms with van der Waals surface area (Å²) in [5.41, 5.74) is 0.773. The predicted octanol–water partition coefficient (Wildman–Crippen LogP) is 2.53. The molecule has 6 heteroatoms. The van der Waals surface area contributed by atoms with Crippen LogP contribution in [0.1, 0.15) is 23.0 Å². The van der Waals surface area contributed by atoms with Gasteiger partial charge in [-0.25, -0.2) is 0 Å². The van der Waals surface area contributed by atoms with Crippen molar-refractivity contribution in [2.24, 2.45) is 0 Å². The van der Waals surface area contributed by atoms with Crippen LogP contribution in [0.3, 0.4) is 0 Å².